The lowest BCUT2D eigenvalue weighted by Gasteiger charge is -2.04. The van der Waals surface area contributed by atoms with Crippen LogP contribution in [-0.4, -0.2) is 23.3 Å². The highest BCUT2D eigenvalue weighted by Crippen LogP contribution is 2.04. The van der Waals surface area contributed by atoms with Crippen LogP contribution >= 0.6 is 0 Å². The smallest absolute Gasteiger partial charge is 0.248 e. The van der Waals surface area contributed by atoms with E-state index in [1.807, 2.05) is 58.2 Å². The van der Waals surface area contributed by atoms with Crippen molar-refractivity contribution in [2.24, 2.45) is 0 Å². The van der Waals surface area contributed by atoms with Crippen LogP contribution in [0.4, 0.5) is 0 Å². The van der Waals surface area contributed by atoms with Crippen LogP contribution in [0, 0.1) is 0 Å². The minimum Gasteiger partial charge on any atom is -0.748 e. The predicted octanol–water partition coefficient (Wildman–Crippen LogP) is 0.700. The van der Waals surface area contributed by atoms with E-state index < -0.39 is 10.1 Å². The van der Waals surface area contributed by atoms with Crippen molar-refractivity contribution in [3.05, 3.63) is 49.1 Å². The van der Waals surface area contributed by atoms with Gasteiger partial charge >= 0.3 is 0 Å². The van der Waals surface area contributed by atoms with Gasteiger partial charge in [-0.1, -0.05) is 18.2 Å². The number of imidazole rings is 1. The number of aromatic nitrogens is 2. The molecule has 0 fully saturated rings. The Morgan fingerprint density at radius 2 is 1.94 bits per heavy atom. The monoisotopic (exact) mass is 266 g/mol. The number of rotatable bonds is 5. The van der Waals surface area contributed by atoms with E-state index in [0.29, 0.717) is 13.0 Å². The van der Waals surface area contributed by atoms with Gasteiger partial charge in [-0.05, 0) is 18.6 Å². The second kappa shape index (κ2) is 5.32. The fraction of sp³-hybridized carbons (Fsp3) is 0.250. The van der Waals surface area contributed by atoms with Crippen LogP contribution in [0.1, 0.15) is 6.42 Å². The standard InChI is InChI=1S/C12H14N2O3S/c15-18(16,17)10-4-7-13-8-9-14(11-13)12-5-2-1-3-6-12/h1-3,5-6,8-9,11H,4,7,10H2. The van der Waals surface area contributed by atoms with E-state index in [-0.39, 0.29) is 5.75 Å². The Morgan fingerprint density at radius 3 is 2.61 bits per heavy atom. The average molecular weight is 266 g/mol. The summed E-state index contributed by atoms with van der Waals surface area (Å²) in [5, 5.41) is 0. The van der Waals surface area contributed by atoms with Crippen LogP contribution < -0.4 is 4.57 Å². The van der Waals surface area contributed by atoms with Crippen LogP contribution in [0.5, 0.6) is 0 Å². The Hall–Kier alpha value is -1.66. The highest BCUT2D eigenvalue weighted by atomic mass is 32.2. The maximum atomic E-state index is 10.5. The number of aryl methyl sites for hydroxylation is 1. The lowest BCUT2D eigenvalue weighted by Crippen LogP contribution is -2.32. The van der Waals surface area contributed by atoms with Gasteiger partial charge in [-0.25, -0.2) is 17.6 Å². The summed E-state index contributed by atoms with van der Waals surface area (Å²) in [6.07, 6.45) is 5.94. The fourth-order valence-corrected chi connectivity index (χ4v) is 2.19. The van der Waals surface area contributed by atoms with Crippen molar-refractivity contribution in [1.29, 1.82) is 0 Å². The minimum atomic E-state index is -4.11. The third kappa shape index (κ3) is 3.68. The van der Waals surface area contributed by atoms with E-state index in [4.69, 9.17) is 0 Å². The van der Waals surface area contributed by atoms with Crippen molar-refractivity contribution in [2.75, 3.05) is 5.75 Å². The molecule has 1 heterocycles. The van der Waals surface area contributed by atoms with Gasteiger partial charge in [0.05, 0.1) is 16.7 Å². The average Bonchev–Trinajstić information content (AvgIpc) is 2.77. The normalized spacial score (nSPS) is 11.6. The molecule has 0 atom stereocenters. The molecule has 2 rings (SSSR count). The van der Waals surface area contributed by atoms with Crippen LogP contribution in [0.3, 0.4) is 0 Å². The van der Waals surface area contributed by atoms with E-state index in [1.165, 1.54) is 0 Å². The number of benzene rings is 1. The molecule has 0 saturated heterocycles. The van der Waals surface area contributed by atoms with Gasteiger partial charge in [0.2, 0.25) is 6.33 Å². The Bertz CT molecular complexity index is 605. The lowest BCUT2D eigenvalue weighted by atomic mass is 10.3. The molecule has 2 aromatic rings. The summed E-state index contributed by atoms with van der Waals surface area (Å²) >= 11 is 0. The van der Waals surface area contributed by atoms with Gasteiger partial charge in [-0.3, -0.25) is 0 Å². The molecule has 5 nitrogen and oxygen atoms in total. The molecular formula is C12H14N2O3S. The number of hydrogen-bond acceptors (Lipinski definition) is 3. The van der Waals surface area contributed by atoms with E-state index >= 15 is 0 Å². The van der Waals surface area contributed by atoms with Crippen molar-refractivity contribution in [2.45, 2.75) is 13.0 Å². The Kier molecular flexibility index (Phi) is 3.78. The molecule has 96 valence electrons. The van der Waals surface area contributed by atoms with E-state index in [2.05, 4.69) is 0 Å². The molecule has 1 aromatic carbocycles. The summed E-state index contributed by atoms with van der Waals surface area (Å²) in [5.74, 6) is -0.323. The summed E-state index contributed by atoms with van der Waals surface area (Å²) < 4.78 is 35.2. The van der Waals surface area contributed by atoms with E-state index in [0.717, 1.165) is 5.69 Å². The van der Waals surface area contributed by atoms with Crippen LogP contribution in [-0.2, 0) is 16.7 Å². The summed E-state index contributed by atoms with van der Waals surface area (Å²) in [6, 6.07) is 9.80. The molecule has 0 aliphatic heterocycles. The van der Waals surface area contributed by atoms with E-state index in [9.17, 15) is 13.0 Å². The summed E-state index contributed by atoms with van der Waals surface area (Å²) in [4.78, 5) is 0. The molecule has 0 bridgehead atoms. The Labute approximate surface area is 106 Å². The first-order valence-electron chi connectivity index (χ1n) is 5.61. The quantitative estimate of drug-likeness (QED) is 0.591. The highest BCUT2D eigenvalue weighted by Gasteiger charge is 2.06. The molecule has 18 heavy (non-hydrogen) atoms. The van der Waals surface area contributed by atoms with Crippen LogP contribution in [0.2, 0.25) is 0 Å². The molecule has 0 N–H and O–H groups in total. The van der Waals surface area contributed by atoms with Gasteiger partial charge in [-0.15, -0.1) is 0 Å². The summed E-state index contributed by atoms with van der Waals surface area (Å²) in [6.45, 7) is 0.515. The van der Waals surface area contributed by atoms with E-state index in [1.54, 1.807) is 0 Å². The van der Waals surface area contributed by atoms with Crippen molar-refractivity contribution in [3.63, 3.8) is 0 Å². The molecule has 0 spiro atoms. The summed E-state index contributed by atoms with van der Waals surface area (Å²) in [7, 11) is -4.11. The zero-order chi connectivity index (χ0) is 13.0. The van der Waals surface area contributed by atoms with Gasteiger partial charge in [0, 0.05) is 5.75 Å². The first-order valence-corrected chi connectivity index (χ1v) is 7.18. The number of para-hydroxylation sites is 1. The van der Waals surface area contributed by atoms with Gasteiger partial charge in [0.1, 0.15) is 18.1 Å². The molecule has 0 aliphatic rings. The third-order valence-electron chi connectivity index (χ3n) is 2.56. The molecule has 6 heteroatoms. The molecule has 0 unspecified atom stereocenters. The second-order valence-corrected chi connectivity index (χ2v) is 5.53. The number of hydrogen-bond donors (Lipinski definition) is 0. The minimum absolute atomic E-state index is 0.323. The SMILES string of the molecule is O=S(=O)([O-])CCC[n+]1ccn(-c2ccccc2)c1. The maximum Gasteiger partial charge on any atom is 0.248 e. The highest BCUT2D eigenvalue weighted by molar-refractivity contribution is 7.85. The molecular weight excluding hydrogens is 252 g/mol. The van der Waals surface area contributed by atoms with Crippen LogP contribution in [0.15, 0.2) is 49.1 Å². The second-order valence-electron chi connectivity index (χ2n) is 4.01. The summed E-state index contributed by atoms with van der Waals surface area (Å²) in [5.41, 5.74) is 1.03. The first kappa shape index (κ1) is 12.8. The van der Waals surface area contributed by atoms with Crippen molar-refractivity contribution < 1.29 is 17.5 Å². The Balaban J connectivity index is 1.99. The lowest BCUT2D eigenvalue weighted by molar-refractivity contribution is -0.696. The van der Waals surface area contributed by atoms with Gasteiger partial charge in [0.25, 0.3) is 0 Å². The first-order chi connectivity index (χ1) is 8.54. The zero-order valence-electron chi connectivity index (χ0n) is 9.77. The Morgan fingerprint density at radius 1 is 1.22 bits per heavy atom. The molecule has 1 aromatic heterocycles. The van der Waals surface area contributed by atoms with Crippen molar-refractivity contribution >= 4 is 10.1 Å². The zero-order valence-corrected chi connectivity index (χ0v) is 10.6. The third-order valence-corrected chi connectivity index (χ3v) is 3.35. The topological polar surface area (TPSA) is 66.0 Å². The molecule has 0 aliphatic carbocycles. The molecule has 0 amide bonds. The largest absolute Gasteiger partial charge is 0.748 e. The van der Waals surface area contributed by atoms with Gasteiger partial charge in [0.15, 0.2) is 0 Å². The molecule has 0 saturated carbocycles. The number of nitrogens with zero attached hydrogens (tertiary/aromatic N) is 2. The van der Waals surface area contributed by atoms with Crippen LogP contribution in [0.25, 0.3) is 5.69 Å². The van der Waals surface area contributed by atoms with Crippen molar-refractivity contribution in [1.82, 2.24) is 4.57 Å². The molecule has 0 radical (unpaired) electrons. The maximum absolute atomic E-state index is 10.5. The van der Waals surface area contributed by atoms with Gasteiger partial charge in [-0.2, -0.15) is 0 Å². The predicted molar refractivity (Wildman–Crippen MR) is 65.1 cm³/mol. The van der Waals surface area contributed by atoms with Crippen molar-refractivity contribution in [3.8, 4) is 5.69 Å². The fourth-order valence-electron chi connectivity index (χ4n) is 1.70. The van der Waals surface area contributed by atoms with Gasteiger partial charge < -0.3 is 4.55 Å².